The first-order valence-corrected chi connectivity index (χ1v) is 9.35. The Labute approximate surface area is 167 Å². The summed E-state index contributed by atoms with van der Waals surface area (Å²) in [5.41, 5.74) is 3.17. The molecule has 0 aromatic heterocycles. The van der Waals surface area contributed by atoms with Gasteiger partial charge in [-0.1, -0.05) is 51.8 Å². The molecule has 3 nitrogen and oxygen atoms in total. The average molecular weight is 433 g/mol. The topological polar surface area (TPSA) is 30.5 Å². The first-order chi connectivity index (χ1) is 12.6. The molecule has 3 aromatic carbocycles. The molecule has 0 aliphatic heterocycles. The third kappa shape index (κ3) is 5.16. The summed E-state index contributed by atoms with van der Waals surface area (Å²) in [6.07, 6.45) is 0. The van der Waals surface area contributed by atoms with Gasteiger partial charge in [-0.15, -0.1) is 0 Å². The zero-order chi connectivity index (χ0) is 18.4. The minimum absolute atomic E-state index is 0.490. The summed E-state index contributed by atoms with van der Waals surface area (Å²) >= 11 is 9.44. The molecule has 0 fully saturated rings. The maximum Gasteiger partial charge on any atom is 0.161 e. The summed E-state index contributed by atoms with van der Waals surface area (Å²) in [5, 5.41) is 4.06. The summed E-state index contributed by atoms with van der Waals surface area (Å²) < 4.78 is 12.4. The van der Waals surface area contributed by atoms with Crippen molar-refractivity contribution < 1.29 is 9.47 Å². The van der Waals surface area contributed by atoms with Gasteiger partial charge in [-0.2, -0.15) is 0 Å². The molecule has 0 atom stereocenters. The van der Waals surface area contributed by atoms with Crippen LogP contribution in [-0.4, -0.2) is 7.11 Å². The van der Waals surface area contributed by atoms with E-state index in [0.29, 0.717) is 23.9 Å². The lowest BCUT2D eigenvalue weighted by Gasteiger charge is -2.13. The van der Waals surface area contributed by atoms with E-state index in [4.69, 9.17) is 21.1 Å². The van der Waals surface area contributed by atoms with Crippen molar-refractivity contribution in [1.29, 1.82) is 0 Å². The summed E-state index contributed by atoms with van der Waals surface area (Å²) in [5.74, 6) is 1.44. The van der Waals surface area contributed by atoms with Gasteiger partial charge >= 0.3 is 0 Å². The molecule has 0 saturated heterocycles. The molecule has 0 unspecified atom stereocenters. The van der Waals surface area contributed by atoms with Crippen molar-refractivity contribution in [3.63, 3.8) is 0 Å². The Morgan fingerprint density at radius 3 is 2.42 bits per heavy atom. The van der Waals surface area contributed by atoms with Crippen LogP contribution in [0.5, 0.6) is 11.5 Å². The van der Waals surface area contributed by atoms with E-state index in [1.165, 1.54) is 0 Å². The quantitative estimate of drug-likeness (QED) is 0.475. The SMILES string of the molecule is COc1cc(CNc2cccc(Cl)c2)ccc1OCc1ccc(Br)cc1. The monoisotopic (exact) mass is 431 g/mol. The molecule has 0 saturated carbocycles. The molecule has 26 heavy (non-hydrogen) atoms. The van der Waals surface area contributed by atoms with Crippen LogP contribution in [-0.2, 0) is 13.2 Å². The summed E-state index contributed by atoms with van der Waals surface area (Å²) in [6.45, 7) is 1.16. The number of methoxy groups -OCH3 is 1. The fourth-order valence-corrected chi connectivity index (χ4v) is 2.94. The van der Waals surface area contributed by atoms with Gasteiger partial charge in [-0.3, -0.25) is 0 Å². The highest BCUT2D eigenvalue weighted by Gasteiger charge is 2.07. The third-order valence-corrected chi connectivity index (χ3v) is 4.62. The summed E-state index contributed by atoms with van der Waals surface area (Å²) in [6, 6.07) is 21.7. The molecule has 0 bridgehead atoms. The van der Waals surface area contributed by atoms with Gasteiger partial charge in [0.15, 0.2) is 11.5 Å². The maximum atomic E-state index is 6.01. The Kier molecular flexibility index (Phi) is 6.42. The van der Waals surface area contributed by atoms with Crippen LogP contribution in [0.1, 0.15) is 11.1 Å². The minimum Gasteiger partial charge on any atom is -0.493 e. The molecule has 5 heteroatoms. The van der Waals surface area contributed by atoms with Crippen molar-refractivity contribution >= 4 is 33.2 Å². The van der Waals surface area contributed by atoms with Crippen LogP contribution in [0.2, 0.25) is 5.02 Å². The smallest absolute Gasteiger partial charge is 0.161 e. The summed E-state index contributed by atoms with van der Waals surface area (Å²) in [4.78, 5) is 0. The second-order valence-corrected chi connectivity index (χ2v) is 7.12. The van der Waals surface area contributed by atoms with Gasteiger partial charge in [0, 0.05) is 21.7 Å². The minimum atomic E-state index is 0.490. The molecule has 0 heterocycles. The van der Waals surface area contributed by atoms with Gasteiger partial charge in [0.25, 0.3) is 0 Å². The molecule has 3 rings (SSSR count). The Hall–Kier alpha value is -2.17. The highest BCUT2D eigenvalue weighted by Crippen LogP contribution is 2.29. The Morgan fingerprint density at radius 2 is 1.69 bits per heavy atom. The van der Waals surface area contributed by atoms with Crippen molar-refractivity contribution in [1.82, 2.24) is 0 Å². The first-order valence-electron chi connectivity index (χ1n) is 8.17. The molecular weight excluding hydrogens is 414 g/mol. The second kappa shape index (κ2) is 8.97. The van der Waals surface area contributed by atoms with E-state index >= 15 is 0 Å². The highest BCUT2D eigenvalue weighted by atomic mass is 79.9. The lowest BCUT2D eigenvalue weighted by molar-refractivity contribution is 0.284. The molecule has 0 aliphatic rings. The highest BCUT2D eigenvalue weighted by molar-refractivity contribution is 9.10. The van der Waals surface area contributed by atoms with E-state index in [1.54, 1.807) is 7.11 Å². The zero-order valence-corrected chi connectivity index (χ0v) is 16.7. The van der Waals surface area contributed by atoms with Crippen molar-refractivity contribution in [2.24, 2.45) is 0 Å². The van der Waals surface area contributed by atoms with Gasteiger partial charge in [-0.05, 0) is 53.6 Å². The average Bonchev–Trinajstić information content (AvgIpc) is 2.66. The fourth-order valence-electron chi connectivity index (χ4n) is 2.49. The number of ether oxygens (including phenoxy) is 2. The van der Waals surface area contributed by atoms with Gasteiger partial charge in [0.2, 0.25) is 0 Å². The van der Waals surface area contributed by atoms with E-state index < -0.39 is 0 Å². The predicted molar refractivity (Wildman–Crippen MR) is 110 cm³/mol. The van der Waals surface area contributed by atoms with Gasteiger partial charge < -0.3 is 14.8 Å². The van der Waals surface area contributed by atoms with Gasteiger partial charge in [-0.25, -0.2) is 0 Å². The number of nitrogens with one attached hydrogen (secondary N) is 1. The standard InChI is InChI=1S/C21H19BrClNO2/c1-25-21-11-16(13-24-19-4-2-3-18(23)12-19)7-10-20(21)26-14-15-5-8-17(22)9-6-15/h2-12,24H,13-14H2,1H3. The number of rotatable bonds is 7. The predicted octanol–water partition coefficient (Wildman–Crippen LogP) is 6.30. The van der Waals surface area contributed by atoms with Gasteiger partial charge in [0.1, 0.15) is 6.61 Å². The van der Waals surface area contributed by atoms with Crippen molar-refractivity contribution in [3.05, 3.63) is 87.4 Å². The first kappa shape index (κ1) is 18.6. The third-order valence-electron chi connectivity index (χ3n) is 3.86. The van der Waals surface area contributed by atoms with E-state index in [1.807, 2.05) is 66.7 Å². The van der Waals surface area contributed by atoms with Crippen LogP contribution in [0.15, 0.2) is 71.2 Å². The fraction of sp³-hybridized carbons (Fsp3) is 0.143. The number of hydrogen-bond acceptors (Lipinski definition) is 3. The maximum absolute atomic E-state index is 6.01. The van der Waals surface area contributed by atoms with E-state index in [0.717, 1.165) is 27.0 Å². The lowest BCUT2D eigenvalue weighted by atomic mass is 10.2. The second-order valence-electron chi connectivity index (χ2n) is 5.76. The lowest BCUT2D eigenvalue weighted by Crippen LogP contribution is -2.01. The van der Waals surface area contributed by atoms with Crippen molar-refractivity contribution in [2.45, 2.75) is 13.2 Å². The number of hydrogen-bond donors (Lipinski definition) is 1. The van der Waals surface area contributed by atoms with Crippen LogP contribution in [0, 0.1) is 0 Å². The van der Waals surface area contributed by atoms with Crippen LogP contribution in [0.4, 0.5) is 5.69 Å². The van der Waals surface area contributed by atoms with E-state index in [2.05, 4.69) is 21.2 Å². The van der Waals surface area contributed by atoms with Crippen LogP contribution < -0.4 is 14.8 Å². The van der Waals surface area contributed by atoms with Gasteiger partial charge in [0.05, 0.1) is 7.11 Å². The number of benzene rings is 3. The summed E-state index contributed by atoms with van der Waals surface area (Å²) in [7, 11) is 1.65. The molecular formula is C21H19BrClNO2. The molecule has 0 radical (unpaired) electrons. The zero-order valence-electron chi connectivity index (χ0n) is 14.3. The van der Waals surface area contributed by atoms with E-state index in [9.17, 15) is 0 Å². The molecule has 134 valence electrons. The normalized spacial score (nSPS) is 10.4. The number of anilines is 1. The van der Waals surface area contributed by atoms with Crippen molar-refractivity contribution in [2.75, 3.05) is 12.4 Å². The van der Waals surface area contributed by atoms with E-state index in [-0.39, 0.29) is 0 Å². The Balaban J connectivity index is 1.64. The van der Waals surface area contributed by atoms with Crippen molar-refractivity contribution in [3.8, 4) is 11.5 Å². The van der Waals surface area contributed by atoms with Crippen LogP contribution in [0.3, 0.4) is 0 Å². The Morgan fingerprint density at radius 1 is 0.923 bits per heavy atom. The largest absolute Gasteiger partial charge is 0.493 e. The number of halogens is 2. The Bertz CT molecular complexity index is 868. The molecule has 0 aliphatic carbocycles. The molecule has 1 N–H and O–H groups in total. The van der Waals surface area contributed by atoms with Crippen LogP contribution >= 0.6 is 27.5 Å². The molecule has 0 spiro atoms. The molecule has 0 amide bonds. The molecule has 3 aromatic rings. The van der Waals surface area contributed by atoms with Crippen LogP contribution in [0.25, 0.3) is 0 Å².